The Morgan fingerprint density at radius 2 is 1.94 bits per heavy atom. The predicted octanol–water partition coefficient (Wildman–Crippen LogP) is -0.622. The highest BCUT2D eigenvalue weighted by atomic mass is 16.5. The number of nitrogens with two attached hydrogens (primary N) is 1. The van der Waals surface area contributed by atoms with Crippen LogP contribution in [0.25, 0.3) is 0 Å². The van der Waals surface area contributed by atoms with E-state index in [2.05, 4.69) is 10.2 Å². The first-order chi connectivity index (χ1) is 7.78. The van der Waals surface area contributed by atoms with Gasteiger partial charge in [0.15, 0.2) is 0 Å². The van der Waals surface area contributed by atoms with Gasteiger partial charge in [-0.2, -0.15) is 0 Å². The fourth-order valence-corrected chi connectivity index (χ4v) is 1.81. The molecular weight excluding hydrogens is 212 g/mol. The zero-order valence-electron chi connectivity index (χ0n) is 9.42. The zero-order chi connectivity index (χ0) is 11.5. The Labute approximate surface area is 93.5 Å². The number of aromatic nitrogens is 2. The van der Waals surface area contributed by atoms with E-state index >= 15 is 0 Å². The minimum atomic E-state index is 0.0261. The molecule has 2 rings (SSSR count). The van der Waals surface area contributed by atoms with Gasteiger partial charge in [-0.05, 0) is 0 Å². The van der Waals surface area contributed by atoms with Crippen LogP contribution in [-0.4, -0.2) is 49.7 Å². The summed E-state index contributed by atoms with van der Waals surface area (Å²) in [7, 11) is 3.33. The van der Waals surface area contributed by atoms with Gasteiger partial charge in [-0.25, -0.2) is 0 Å². The van der Waals surface area contributed by atoms with Crippen molar-refractivity contribution in [1.82, 2.24) is 10.2 Å². The van der Waals surface area contributed by atoms with Gasteiger partial charge in [0.2, 0.25) is 5.89 Å². The van der Waals surface area contributed by atoms with E-state index in [0.29, 0.717) is 25.0 Å². The second-order valence-electron chi connectivity index (χ2n) is 3.64. The number of anilines is 1. The van der Waals surface area contributed by atoms with Crippen molar-refractivity contribution in [2.24, 2.45) is 5.73 Å². The summed E-state index contributed by atoms with van der Waals surface area (Å²) in [6.45, 7) is 1.62. The Kier molecular flexibility index (Phi) is 3.37. The van der Waals surface area contributed by atoms with Gasteiger partial charge in [-0.3, -0.25) is 0 Å². The van der Waals surface area contributed by atoms with Crippen molar-refractivity contribution in [1.29, 1.82) is 0 Å². The second kappa shape index (κ2) is 4.77. The number of hydrogen-bond donors (Lipinski definition) is 1. The first-order valence-electron chi connectivity index (χ1n) is 5.11. The molecule has 2 unspecified atom stereocenters. The lowest BCUT2D eigenvalue weighted by atomic mass is 10.3. The van der Waals surface area contributed by atoms with E-state index in [9.17, 15) is 0 Å². The highest BCUT2D eigenvalue weighted by molar-refractivity contribution is 5.28. The van der Waals surface area contributed by atoms with Gasteiger partial charge in [0, 0.05) is 14.2 Å². The first-order valence-corrected chi connectivity index (χ1v) is 5.11. The van der Waals surface area contributed by atoms with Gasteiger partial charge in [-0.1, -0.05) is 5.10 Å². The van der Waals surface area contributed by atoms with Gasteiger partial charge in [0.05, 0.1) is 19.6 Å². The molecule has 1 aromatic heterocycles. The maximum atomic E-state index is 5.40. The van der Waals surface area contributed by atoms with E-state index in [-0.39, 0.29) is 18.8 Å². The van der Waals surface area contributed by atoms with Gasteiger partial charge in [-0.15, -0.1) is 5.10 Å². The minimum absolute atomic E-state index is 0.0261. The molecule has 16 heavy (non-hydrogen) atoms. The van der Waals surface area contributed by atoms with Crippen molar-refractivity contribution < 1.29 is 13.9 Å². The molecule has 1 fully saturated rings. The van der Waals surface area contributed by atoms with Crippen molar-refractivity contribution in [3.8, 4) is 0 Å². The van der Waals surface area contributed by atoms with Crippen molar-refractivity contribution in [3.05, 3.63) is 5.89 Å². The second-order valence-corrected chi connectivity index (χ2v) is 3.64. The molecule has 1 aromatic rings. The van der Waals surface area contributed by atoms with E-state index in [1.54, 1.807) is 14.2 Å². The van der Waals surface area contributed by atoms with Crippen LogP contribution in [0.1, 0.15) is 5.89 Å². The highest BCUT2D eigenvalue weighted by Crippen LogP contribution is 2.21. The molecule has 2 N–H and O–H groups in total. The third kappa shape index (κ3) is 2.01. The number of rotatable bonds is 4. The molecule has 0 bridgehead atoms. The standard InChI is InChI=1S/C9H16N4O3/c1-14-6-4-13(5-7(6)15-2)9-12-11-8(3-10)16-9/h6-7H,3-5,10H2,1-2H3. The average Bonchev–Trinajstić information content (AvgIpc) is 2.94. The van der Waals surface area contributed by atoms with Crippen LogP contribution >= 0.6 is 0 Å². The summed E-state index contributed by atoms with van der Waals surface area (Å²) in [5, 5.41) is 7.74. The van der Waals surface area contributed by atoms with Crippen LogP contribution in [0.4, 0.5) is 6.01 Å². The lowest BCUT2D eigenvalue weighted by Gasteiger charge is -2.13. The van der Waals surface area contributed by atoms with E-state index < -0.39 is 0 Å². The van der Waals surface area contributed by atoms with Crippen LogP contribution < -0.4 is 10.6 Å². The van der Waals surface area contributed by atoms with Gasteiger partial charge >= 0.3 is 6.01 Å². The Morgan fingerprint density at radius 3 is 2.38 bits per heavy atom. The average molecular weight is 228 g/mol. The quantitative estimate of drug-likeness (QED) is 0.734. The topological polar surface area (TPSA) is 86.6 Å². The third-order valence-corrected chi connectivity index (χ3v) is 2.72. The molecule has 0 spiro atoms. The lowest BCUT2D eigenvalue weighted by molar-refractivity contribution is -0.00461. The summed E-state index contributed by atoms with van der Waals surface area (Å²) in [6.07, 6.45) is 0.0523. The predicted molar refractivity (Wildman–Crippen MR) is 56.0 cm³/mol. The van der Waals surface area contributed by atoms with Gasteiger partial charge in [0.1, 0.15) is 12.2 Å². The fourth-order valence-electron chi connectivity index (χ4n) is 1.81. The van der Waals surface area contributed by atoms with Crippen LogP contribution in [0, 0.1) is 0 Å². The van der Waals surface area contributed by atoms with E-state index in [4.69, 9.17) is 19.6 Å². The molecule has 0 saturated carbocycles. The summed E-state index contributed by atoms with van der Waals surface area (Å²) in [5.41, 5.74) is 5.40. The number of ether oxygens (including phenoxy) is 2. The molecule has 1 aliphatic rings. The Hall–Kier alpha value is -1.18. The molecular formula is C9H16N4O3. The van der Waals surface area contributed by atoms with E-state index in [1.165, 1.54) is 0 Å². The third-order valence-electron chi connectivity index (χ3n) is 2.72. The van der Waals surface area contributed by atoms with Crippen LogP contribution in [0.2, 0.25) is 0 Å². The number of hydrogen-bond acceptors (Lipinski definition) is 7. The molecule has 0 aromatic carbocycles. The number of nitrogens with zero attached hydrogens (tertiary/aromatic N) is 3. The Morgan fingerprint density at radius 1 is 1.31 bits per heavy atom. The minimum Gasteiger partial charge on any atom is -0.407 e. The molecule has 7 heteroatoms. The van der Waals surface area contributed by atoms with Gasteiger partial charge < -0.3 is 24.5 Å². The summed E-state index contributed by atoms with van der Waals surface area (Å²) in [5.74, 6) is 0.435. The largest absolute Gasteiger partial charge is 0.407 e. The van der Waals surface area contributed by atoms with Crippen molar-refractivity contribution in [3.63, 3.8) is 0 Å². The molecule has 0 aliphatic carbocycles. The lowest BCUT2D eigenvalue weighted by Crippen LogP contribution is -2.27. The van der Waals surface area contributed by atoms with E-state index in [0.717, 1.165) is 0 Å². The molecule has 0 radical (unpaired) electrons. The maximum absolute atomic E-state index is 5.40. The Bertz CT molecular complexity index is 331. The van der Waals surface area contributed by atoms with Crippen molar-refractivity contribution in [2.75, 3.05) is 32.2 Å². The fraction of sp³-hybridized carbons (Fsp3) is 0.778. The van der Waals surface area contributed by atoms with Crippen LogP contribution in [0.5, 0.6) is 0 Å². The SMILES string of the molecule is COC1CN(c2nnc(CN)o2)CC1OC. The monoisotopic (exact) mass is 228 g/mol. The summed E-state index contributed by atoms with van der Waals surface area (Å²) >= 11 is 0. The number of methoxy groups -OCH3 is 2. The molecule has 0 amide bonds. The zero-order valence-corrected chi connectivity index (χ0v) is 9.42. The van der Waals surface area contributed by atoms with Gasteiger partial charge in [0.25, 0.3) is 0 Å². The molecule has 1 aliphatic heterocycles. The molecule has 90 valence electrons. The maximum Gasteiger partial charge on any atom is 0.318 e. The summed E-state index contributed by atoms with van der Waals surface area (Å²) in [4.78, 5) is 1.94. The van der Waals surface area contributed by atoms with Crippen molar-refractivity contribution >= 4 is 6.01 Å². The van der Waals surface area contributed by atoms with Crippen molar-refractivity contribution in [2.45, 2.75) is 18.8 Å². The molecule has 2 heterocycles. The Balaban J connectivity index is 2.06. The van der Waals surface area contributed by atoms with Crippen LogP contribution in [-0.2, 0) is 16.0 Å². The molecule has 1 saturated heterocycles. The van der Waals surface area contributed by atoms with Crippen LogP contribution in [0.3, 0.4) is 0 Å². The normalized spacial score (nSPS) is 25.3. The molecule has 2 atom stereocenters. The molecule has 7 nitrogen and oxygen atoms in total. The first kappa shape index (κ1) is 11.3. The van der Waals surface area contributed by atoms with Crippen LogP contribution in [0.15, 0.2) is 4.42 Å². The summed E-state index contributed by atoms with van der Waals surface area (Å²) < 4.78 is 16.0. The smallest absolute Gasteiger partial charge is 0.318 e. The highest BCUT2D eigenvalue weighted by Gasteiger charge is 2.35. The summed E-state index contributed by atoms with van der Waals surface area (Å²) in [6, 6.07) is 0.474. The van der Waals surface area contributed by atoms with E-state index in [1.807, 2.05) is 4.90 Å².